The van der Waals surface area contributed by atoms with E-state index in [-0.39, 0.29) is 17.2 Å². The molecule has 3 nitrogen and oxygen atoms in total. The molecule has 0 aliphatic carbocycles. The number of rotatable bonds is 5. The van der Waals surface area contributed by atoms with Crippen molar-refractivity contribution in [1.82, 2.24) is 0 Å². The van der Waals surface area contributed by atoms with E-state index in [9.17, 15) is 8.42 Å². The topological polar surface area (TPSA) is 43.4 Å². The van der Waals surface area contributed by atoms with E-state index in [1.54, 1.807) is 18.2 Å². The highest BCUT2D eigenvalue weighted by atomic mass is 79.9. The zero-order valence-electron chi connectivity index (χ0n) is 10.5. The van der Waals surface area contributed by atoms with Crippen molar-refractivity contribution in [3.63, 3.8) is 0 Å². The van der Waals surface area contributed by atoms with E-state index in [0.29, 0.717) is 5.75 Å². The zero-order valence-corrected chi connectivity index (χ0v) is 13.6. The molecule has 6 heteroatoms. The maximum Gasteiger partial charge on any atom is 0.151 e. The van der Waals surface area contributed by atoms with Crippen LogP contribution in [0, 0.1) is 0 Å². The summed E-state index contributed by atoms with van der Waals surface area (Å²) in [6, 6.07) is 5.25. The minimum atomic E-state index is -3.03. The summed E-state index contributed by atoms with van der Waals surface area (Å²) < 4.78 is 28.8. The van der Waals surface area contributed by atoms with Crippen LogP contribution in [-0.2, 0) is 15.6 Å². The third kappa shape index (κ3) is 5.16. The van der Waals surface area contributed by atoms with Gasteiger partial charge in [0, 0.05) is 6.26 Å². The maximum absolute atomic E-state index is 11.2. The van der Waals surface area contributed by atoms with E-state index in [2.05, 4.69) is 15.9 Å². The summed E-state index contributed by atoms with van der Waals surface area (Å²) in [5.74, 6) is 0.681. The molecular weight excluding hydrogens is 340 g/mol. The predicted octanol–water partition coefficient (Wildman–Crippen LogP) is 3.39. The number of sulfone groups is 1. The number of halogens is 2. The van der Waals surface area contributed by atoms with Crippen LogP contribution in [0.1, 0.15) is 19.4 Å². The van der Waals surface area contributed by atoms with Crippen molar-refractivity contribution >= 4 is 37.4 Å². The van der Waals surface area contributed by atoms with Gasteiger partial charge in [-0.3, -0.25) is 0 Å². The third-order valence-corrected chi connectivity index (χ3v) is 4.22. The molecule has 0 N–H and O–H groups in total. The number of ether oxygens (including phenoxy) is 1. The summed E-state index contributed by atoms with van der Waals surface area (Å²) in [7, 11) is -3.03. The van der Waals surface area contributed by atoms with Gasteiger partial charge in [0.15, 0.2) is 9.84 Å². The minimum Gasteiger partial charge on any atom is -0.488 e. The van der Waals surface area contributed by atoms with Crippen molar-refractivity contribution in [2.45, 2.75) is 31.1 Å². The molecule has 0 aliphatic heterocycles. The molecule has 1 unspecified atom stereocenters. The fourth-order valence-electron chi connectivity index (χ4n) is 1.33. The zero-order chi connectivity index (χ0) is 13.9. The summed E-state index contributed by atoms with van der Waals surface area (Å²) in [4.78, 5) is 0. The molecule has 1 aromatic rings. The molecule has 0 fully saturated rings. The Bertz CT molecular complexity index is 514. The molecular formula is C12H16BrClO3S. The summed E-state index contributed by atoms with van der Waals surface area (Å²) in [5.41, 5.74) is 0.725. The van der Waals surface area contributed by atoms with Crippen molar-refractivity contribution in [2.75, 3.05) is 6.26 Å². The van der Waals surface area contributed by atoms with Crippen LogP contribution < -0.4 is 4.74 Å². The van der Waals surface area contributed by atoms with Gasteiger partial charge in [0.25, 0.3) is 0 Å². The van der Waals surface area contributed by atoms with Gasteiger partial charge in [0.05, 0.1) is 15.6 Å². The molecule has 2 atom stereocenters. The lowest BCUT2D eigenvalue weighted by Gasteiger charge is -2.18. The van der Waals surface area contributed by atoms with Crippen LogP contribution in [0.25, 0.3) is 0 Å². The van der Waals surface area contributed by atoms with Crippen molar-refractivity contribution in [3.8, 4) is 5.75 Å². The standard InChI is InChI=1S/C12H16BrClO3S/c1-8(14)9(2)17-12-5-4-10(6-11(12)13)7-18(3,15)16/h4-6,8-9H,7H2,1-3H3/t8-,9?/m0/s1. The molecule has 0 bridgehead atoms. The molecule has 0 spiro atoms. The first kappa shape index (κ1) is 15.8. The largest absolute Gasteiger partial charge is 0.488 e. The van der Waals surface area contributed by atoms with Crippen LogP contribution in [0.15, 0.2) is 22.7 Å². The Morgan fingerprint density at radius 2 is 2.00 bits per heavy atom. The van der Waals surface area contributed by atoms with Gasteiger partial charge in [0.2, 0.25) is 0 Å². The van der Waals surface area contributed by atoms with Gasteiger partial charge in [-0.15, -0.1) is 11.6 Å². The summed E-state index contributed by atoms with van der Waals surface area (Å²) in [6.07, 6.45) is 1.09. The number of hydrogen-bond donors (Lipinski definition) is 0. The number of alkyl halides is 1. The lowest BCUT2D eigenvalue weighted by Crippen LogP contribution is -2.21. The van der Waals surface area contributed by atoms with E-state index in [1.165, 1.54) is 6.26 Å². The third-order valence-electron chi connectivity index (χ3n) is 2.38. The van der Waals surface area contributed by atoms with Gasteiger partial charge in [0.1, 0.15) is 11.9 Å². The second-order valence-electron chi connectivity index (χ2n) is 4.34. The monoisotopic (exact) mass is 354 g/mol. The number of hydrogen-bond acceptors (Lipinski definition) is 3. The van der Waals surface area contributed by atoms with Gasteiger partial charge >= 0.3 is 0 Å². The van der Waals surface area contributed by atoms with Gasteiger partial charge in [-0.05, 0) is 47.5 Å². The van der Waals surface area contributed by atoms with E-state index in [1.807, 2.05) is 13.8 Å². The first-order valence-electron chi connectivity index (χ1n) is 5.46. The first-order valence-corrected chi connectivity index (χ1v) is 8.75. The first-order chi connectivity index (χ1) is 8.19. The molecule has 0 amide bonds. The number of benzene rings is 1. The van der Waals surface area contributed by atoms with Crippen molar-refractivity contribution < 1.29 is 13.2 Å². The van der Waals surface area contributed by atoms with Gasteiger partial charge in [-0.25, -0.2) is 8.42 Å². The Balaban J connectivity index is 2.86. The van der Waals surface area contributed by atoms with Crippen LogP contribution in [0.5, 0.6) is 5.75 Å². The average molecular weight is 356 g/mol. The molecule has 0 radical (unpaired) electrons. The molecule has 1 rings (SSSR count). The Morgan fingerprint density at radius 3 is 2.44 bits per heavy atom. The molecule has 0 aromatic heterocycles. The Labute approximate surface area is 122 Å². The summed E-state index contributed by atoms with van der Waals surface area (Å²) in [5, 5.41) is -0.104. The van der Waals surface area contributed by atoms with E-state index in [0.717, 1.165) is 10.0 Å². The van der Waals surface area contributed by atoms with Crippen molar-refractivity contribution in [2.24, 2.45) is 0 Å². The van der Waals surface area contributed by atoms with Gasteiger partial charge in [-0.1, -0.05) is 6.07 Å². The fraction of sp³-hybridized carbons (Fsp3) is 0.500. The lowest BCUT2D eigenvalue weighted by atomic mass is 10.2. The van der Waals surface area contributed by atoms with E-state index in [4.69, 9.17) is 16.3 Å². The van der Waals surface area contributed by atoms with Gasteiger partial charge < -0.3 is 4.74 Å². The SMILES string of the molecule is CC(Oc1ccc(CS(C)(=O)=O)cc1Br)[C@H](C)Cl. The molecule has 0 aliphatic rings. The Hall–Kier alpha value is -0.260. The molecule has 0 saturated heterocycles. The van der Waals surface area contributed by atoms with Gasteiger partial charge in [-0.2, -0.15) is 0 Å². The summed E-state index contributed by atoms with van der Waals surface area (Å²) >= 11 is 9.30. The second kappa shape index (κ2) is 6.26. The lowest BCUT2D eigenvalue weighted by molar-refractivity contribution is 0.219. The van der Waals surface area contributed by atoms with Crippen LogP contribution in [0.4, 0.5) is 0 Å². The van der Waals surface area contributed by atoms with Crippen molar-refractivity contribution in [3.05, 3.63) is 28.2 Å². The molecule has 102 valence electrons. The van der Waals surface area contributed by atoms with Crippen molar-refractivity contribution in [1.29, 1.82) is 0 Å². The highest BCUT2D eigenvalue weighted by Gasteiger charge is 2.13. The predicted molar refractivity (Wildman–Crippen MR) is 78.1 cm³/mol. The smallest absolute Gasteiger partial charge is 0.151 e. The van der Waals surface area contributed by atoms with Crippen LogP contribution >= 0.6 is 27.5 Å². The van der Waals surface area contributed by atoms with Crippen LogP contribution in [0.3, 0.4) is 0 Å². The minimum absolute atomic E-state index is 0.0212. The Morgan fingerprint density at radius 1 is 1.39 bits per heavy atom. The van der Waals surface area contributed by atoms with E-state index < -0.39 is 9.84 Å². The molecule has 18 heavy (non-hydrogen) atoms. The Kier molecular flexibility index (Phi) is 5.49. The normalized spacial score (nSPS) is 15.2. The van der Waals surface area contributed by atoms with Crippen LogP contribution in [0.2, 0.25) is 0 Å². The quantitative estimate of drug-likeness (QED) is 0.760. The summed E-state index contributed by atoms with van der Waals surface area (Å²) in [6.45, 7) is 3.74. The fourth-order valence-corrected chi connectivity index (χ4v) is 2.68. The molecule has 0 heterocycles. The molecule has 0 saturated carbocycles. The average Bonchev–Trinajstić information content (AvgIpc) is 2.19. The maximum atomic E-state index is 11.2. The highest BCUT2D eigenvalue weighted by Crippen LogP contribution is 2.28. The van der Waals surface area contributed by atoms with E-state index >= 15 is 0 Å². The second-order valence-corrected chi connectivity index (χ2v) is 8.02. The van der Waals surface area contributed by atoms with Crippen LogP contribution in [-0.4, -0.2) is 26.2 Å². The highest BCUT2D eigenvalue weighted by molar-refractivity contribution is 9.10. The molecule has 1 aromatic carbocycles.